The van der Waals surface area contributed by atoms with Crippen molar-refractivity contribution in [2.75, 3.05) is 0 Å². The Morgan fingerprint density at radius 3 is 2.75 bits per heavy atom. The summed E-state index contributed by atoms with van der Waals surface area (Å²) in [6.07, 6.45) is 8.81. The Bertz CT molecular complexity index is 573. The summed E-state index contributed by atoms with van der Waals surface area (Å²) in [4.78, 5) is 16.0. The quantitative estimate of drug-likeness (QED) is 0.905. The Labute approximate surface area is 118 Å². The molecule has 0 aliphatic heterocycles. The summed E-state index contributed by atoms with van der Waals surface area (Å²) in [6.45, 7) is 1.40. The summed E-state index contributed by atoms with van der Waals surface area (Å²) in [5, 5.41) is 3.06. The van der Waals surface area contributed by atoms with E-state index in [1.165, 1.54) is 17.5 Å². The lowest BCUT2D eigenvalue weighted by molar-refractivity contribution is -0.127. The number of rotatable bonds is 5. The first-order valence-electron chi connectivity index (χ1n) is 7.13. The normalized spacial score (nSPS) is 14.8. The number of carbonyl (C=O) groups excluding carboxylic acids is 1. The van der Waals surface area contributed by atoms with Gasteiger partial charge in [0.15, 0.2) is 0 Å². The molecule has 0 spiro atoms. The Hall–Kier alpha value is -2.10. The van der Waals surface area contributed by atoms with Gasteiger partial charge in [-0.1, -0.05) is 30.7 Å². The number of hydrogen-bond donors (Lipinski definition) is 1. The highest BCUT2D eigenvalue weighted by Crippen LogP contribution is 2.26. The highest BCUT2D eigenvalue weighted by atomic mass is 16.1. The molecule has 20 heavy (non-hydrogen) atoms. The van der Waals surface area contributed by atoms with Gasteiger partial charge in [0.05, 0.1) is 6.33 Å². The molecule has 1 fully saturated rings. The van der Waals surface area contributed by atoms with Crippen molar-refractivity contribution in [3.05, 3.63) is 54.1 Å². The van der Waals surface area contributed by atoms with Crippen LogP contribution in [0.1, 0.15) is 30.4 Å². The van der Waals surface area contributed by atoms with Crippen LogP contribution in [0.5, 0.6) is 0 Å². The number of amides is 1. The van der Waals surface area contributed by atoms with Gasteiger partial charge in [-0.2, -0.15) is 0 Å². The van der Waals surface area contributed by atoms with E-state index in [0.29, 0.717) is 6.54 Å². The number of imidazole rings is 1. The van der Waals surface area contributed by atoms with E-state index in [0.717, 1.165) is 19.4 Å². The molecule has 1 heterocycles. The third-order valence-corrected chi connectivity index (χ3v) is 3.96. The van der Waals surface area contributed by atoms with Crippen molar-refractivity contribution in [3.8, 4) is 0 Å². The Balaban J connectivity index is 1.64. The molecule has 0 radical (unpaired) electrons. The van der Waals surface area contributed by atoms with E-state index >= 15 is 0 Å². The number of benzene rings is 1. The number of carbonyl (C=O) groups is 1. The molecule has 4 heteroatoms. The topological polar surface area (TPSA) is 46.9 Å². The lowest BCUT2D eigenvalue weighted by atomic mass is 9.85. The Morgan fingerprint density at radius 2 is 2.10 bits per heavy atom. The average molecular weight is 269 g/mol. The SMILES string of the molecule is O=C(NCc1ccccc1Cn1ccnc1)C1CCC1. The lowest BCUT2D eigenvalue weighted by Gasteiger charge is -2.24. The van der Waals surface area contributed by atoms with E-state index in [1.54, 1.807) is 6.20 Å². The van der Waals surface area contributed by atoms with Gasteiger partial charge in [0, 0.05) is 31.4 Å². The van der Waals surface area contributed by atoms with Crippen LogP contribution in [0, 0.1) is 5.92 Å². The van der Waals surface area contributed by atoms with Crippen LogP contribution in [-0.4, -0.2) is 15.5 Å². The molecule has 0 saturated heterocycles. The fourth-order valence-electron chi connectivity index (χ4n) is 2.46. The van der Waals surface area contributed by atoms with E-state index in [2.05, 4.69) is 22.4 Å². The molecule has 1 aliphatic carbocycles. The molecule has 1 aromatic carbocycles. The molecule has 2 aromatic rings. The van der Waals surface area contributed by atoms with Crippen molar-refractivity contribution in [1.82, 2.24) is 14.9 Å². The van der Waals surface area contributed by atoms with Crippen LogP contribution in [0.25, 0.3) is 0 Å². The van der Waals surface area contributed by atoms with Crippen molar-refractivity contribution in [2.24, 2.45) is 5.92 Å². The second-order valence-corrected chi connectivity index (χ2v) is 5.35. The van der Waals surface area contributed by atoms with Gasteiger partial charge in [0.1, 0.15) is 0 Å². The van der Waals surface area contributed by atoms with Crippen molar-refractivity contribution in [3.63, 3.8) is 0 Å². The number of nitrogens with zero attached hydrogens (tertiary/aromatic N) is 2. The second kappa shape index (κ2) is 5.90. The summed E-state index contributed by atoms with van der Waals surface area (Å²) in [5.74, 6) is 0.449. The highest BCUT2D eigenvalue weighted by molar-refractivity contribution is 5.79. The maximum atomic E-state index is 11.9. The van der Waals surface area contributed by atoms with Gasteiger partial charge >= 0.3 is 0 Å². The van der Waals surface area contributed by atoms with Crippen molar-refractivity contribution < 1.29 is 4.79 Å². The molecule has 1 amide bonds. The third kappa shape index (κ3) is 2.90. The summed E-state index contributed by atoms with van der Waals surface area (Å²) in [5.41, 5.74) is 2.40. The summed E-state index contributed by atoms with van der Waals surface area (Å²) in [7, 11) is 0. The van der Waals surface area contributed by atoms with E-state index in [-0.39, 0.29) is 11.8 Å². The molecule has 4 nitrogen and oxygen atoms in total. The van der Waals surface area contributed by atoms with Gasteiger partial charge in [0.2, 0.25) is 5.91 Å². The van der Waals surface area contributed by atoms with Gasteiger partial charge in [-0.05, 0) is 24.0 Å². The fraction of sp³-hybridized carbons (Fsp3) is 0.375. The Kier molecular flexibility index (Phi) is 3.81. The lowest BCUT2D eigenvalue weighted by Crippen LogP contribution is -2.34. The van der Waals surface area contributed by atoms with Crippen LogP contribution in [0.3, 0.4) is 0 Å². The molecule has 1 N–H and O–H groups in total. The second-order valence-electron chi connectivity index (χ2n) is 5.35. The number of aromatic nitrogens is 2. The zero-order chi connectivity index (χ0) is 13.8. The van der Waals surface area contributed by atoms with Gasteiger partial charge < -0.3 is 9.88 Å². The first-order chi connectivity index (χ1) is 9.83. The van der Waals surface area contributed by atoms with Crippen LogP contribution in [-0.2, 0) is 17.9 Å². The molecule has 3 rings (SSSR count). The van der Waals surface area contributed by atoms with Gasteiger partial charge in [-0.3, -0.25) is 4.79 Å². The maximum Gasteiger partial charge on any atom is 0.223 e. The van der Waals surface area contributed by atoms with E-state index in [4.69, 9.17) is 0 Å². The zero-order valence-corrected chi connectivity index (χ0v) is 11.5. The predicted octanol–water partition coefficient (Wildman–Crippen LogP) is 2.35. The summed E-state index contributed by atoms with van der Waals surface area (Å²) >= 11 is 0. The Morgan fingerprint density at radius 1 is 1.30 bits per heavy atom. The molecule has 1 saturated carbocycles. The minimum Gasteiger partial charge on any atom is -0.352 e. The molecule has 0 bridgehead atoms. The smallest absolute Gasteiger partial charge is 0.223 e. The van der Waals surface area contributed by atoms with E-state index < -0.39 is 0 Å². The highest BCUT2D eigenvalue weighted by Gasteiger charge is 2.24. The van der Waals surface area contributed by atoms with Gasteiger partial charge in [-0.15, -0.1) is 0 Å². The van der Waals surface area contributed by atoms with Crippen molar-refractivity contribution in [2.45, 2.75) is 32.4 Å². The summed E-state index contributed by atoms with van der Waals surface area (Å²) < 4.78 is 2.03. The molecule has 1 aliphatic rings. The molecule has 104 valence electrons. The van der Waals surface area contributed by atoms with Crippen LogP contribution in [0.2, 0.25) is 0 Å². The number of hydrogen-bond acceptors (Lipinski definition) is 2. The molecule has 0 atom stereocenters. The van der Waals surface area contributed by atoms with Crippen molar-refractivity contribution >= 4 is 5.91 Å². The number of nitrogens with one attached hydrogen (secondary N) is 1. The van der Waals surface area contributed by atoms with Gasteiger partial charge in [0.25, 0.3) is 0 Å². The minimum absolute atomic E-state index is 0.202. The maximum absolute atomic E-state index is 11.9. The van der Waals surface area contributed by atoms with E-state index in [9.17, 15) is 4.79 Å². The van der Waals surface area contributed by atoms with Gasteiger partial charge in [-0.25, -0.2) is 4.98 Å². The standard InChI is InChI=1S/C16H19N3O/c20-16(13-6-3-7-13)18-10-14-4-1-2-5-15(14)11-19-9-8-17-12-19/h1-2,4-5,8-9,12-13H,3,6-7,10-11H2,(H,18,20). The minimum atomic E-state index is 0.202. The first kappa shape index (κ1) is 12.9. The largest absolute Gasteiger partial charge is 0.352 e. The van der Waals surface area contributed by atoms with E-state index in [1.807, 2.05) is 29.2 Å². The first-order valence-corrected chi connectivity index (χ1v) is 7.13. The predicted molar refractivity (Wildman–Crippen MR) is 77.0 cm³/mol. The molecular weight excluding hydrogens is 250 g/mol. The van der Waals surface area contributed by atoms with Crippen LogP contribution >= 0.6 is 0 Å². The molecule has 1 aromatic heterocycles. The molecule has 0 unspecified atom stereocenters. The van der Waals surface area contributed by atoms with Crippen LogP contribution in [0.4, 0.5) is 0 Å². The monoisotopic (exact) mass is 269 g/mol. The zero-order valence-electron chi connectivity index (χ0n) is 11.5. The molecular formula is C16H19N3O. The van der Waals surface area contributed by atoms with Crippen molar-refractivity contribution in [1.29, 1.82) is 0 Å². The van der Waals surface area contributed by atoms with Crippen LogP contribution in [0.15, 0.2) is 43.0 Å². The fourth-order valence-corrected chi connectivity index (χ4v) is 2.46. The average Bonchev–Trinajstić information content (AvgIpc) is 2.88. The van der Waals surface area contributed by atoms with Crippen LogP contribution < -0.4 is 5.32 Å². The summed E-state index contributed by atoms with van der Waals surface area (Å²) in [6, 6.07) is 8.23. The third-order valence-electron chi connectivity index (χ3n) is 3.96.